The summed E-state index contributed by atoms with van der Waals surface area (Å²) in [6, 6.07) is 14.9. The quantitative estimate of drug-likeness (QED) is 0.533. The third kappa shape index (κ3) is 5.31. The molecule has 1 N–H and O–H groups in total. The van der Waals surface area contributed by atoms with Crippen molar-refractivity contribution < 1.29 is 27.1 Å². The molecule has 1 aromatic heterocycles. The Balaban J connectivity index is 1.44. The van der Waals surface area contributed by atoms with Crippen LogP contribution >= 0.6 is 0 Å². The maximum absolute atomic E-state index is 13.0. The van der Waals surface area contributed by atoms with Crippen molar-refractivity contribution >= 4 is 26.6 Å². The van der Waals surface area contributed by atoms with Gasteiger partial charge in [-0.15, -0.1) is 0 Å². The highest BCUT2D eigenvalue weighted by Gasteiger charge is 2.32. The molecule has 0 unspecified atom stereocenters. The monoisotopic (exact) mass is 486 g/mol. The summed E-state index contributed by atoms with van der Waals surface area (Å²) in [5.41, 5.74) is 0.00320. The molecule has 3 aromatic rings. The van der Waals surface area contributed by atoms with Crippen LogP contribution in [0.5, 0.6) is 0 Å². The maximum Gasteiger partial charge on any atom is 0.257 e. The molecule has 6 nitrogen and oxygen atoms in total. The lowest BCUT2D eigenvalue weighted by atomic mass is 9.90. The lowest BCUT2D eigenvalue weighted by Crippen LogP contribution is -2.45. The van der Waals surface area contributed by atoms with Gasteiger partial charge in [-0.1, -0.05) is 36.4 Å². The topological polar surface area (TPSA) is 87.6 Å². The van der Waals surface area contributed by atoms with Crippen LogP contribution in [-0.2, 0) is 15.6 Å². The lowest BCUT2D eigenvalue weighted by Gasteiger charge is -2.36. The predicted octanol–water partition coefficient (Wildman–Crippen LogP) is 4.00. The number of alkyl halides is 2. The summed E-state index contributed by atoms with van der Waals surface area (Å²) >= 11 is 0. The van der Waals surface area contributed by atoms with E-state index in [9.17, 15) is 27.1 Å². The van der Waals surface area contributed by atoms with Gasteiger partial charge in [0.15, 0.2) is 9.84 Å². The number of hydrogen-bond acceptors (Lipinski definition) is 5. The number of sulfone groups is 1. The molecule has 4 rings (SSSR count). The molecule has 2 heterocycles. The van der Waals surface area contributed by atoms with E-state index in [0.717, 1.165) is 11.5 Å². The molecule has 0 spiro atoms. The van der Waals surface area contributed by atoms with Gasteiger partial charge in [0.05, 0.1) is 21.8 Å². The third-order valence-electron chi connectivity index (χ3n) is 5.96. The highest BCUT2D eigenvalue weighted by Crippen LogP contribution is 2.26. The van der Waals surface area contributed by atoms with Crippen LogP contribution in [0.25, 0.3) is 10.9 Å². The number of carbonyl (C=O) groups is 1. The van der Waals surface area contributed by atoms with Crippen LogP contribution in [0, 0.1) is 0 Å². The summed E-state index contributed by atoms with van der Waals surface area (Å²) in [6.07, 6.45) is 1.02. The van der Waals surface area contributed by atoms with Crippen molar-refractivity contribution in [3.05, 3.63) is 84.1 Å². The number of halogens is 2. The number of para-hydroxylation sites is 1. The summed E-state index contributed by atoms with van der Waals surface area (Å²) in [4.78, 5) is 18.8. The van der Waals surface area contributed by atoms with Gasteiger partial charge in [-0.3, -0.25) is 9.78 Å². The zero-order chi connectivity index (χ0) is 24.3. The Morgan fingerprint density at radius 1 is 1.09 bits per heavy atom. The van der Waals surface area contributed by atoms with Gasteiger partial charge in [0, 0.05) is 30.2 Å². The largest absolute Gasteiger partial charge is 0.386 e. The molecule has 0 atom stereocenters. The van der Waals surface area contributed by atoms with Gasteiger partial charge in [-0.2, -0.15) is 0 Å². The first kappa shape index (κ1) is 24.0. The number of benzene rings is 2. The summed E-state index contributed by atoms with van der Waals surface area (Å²) in [7, 11) is -3.66. The number of aliphatic hydroxyl groups is 1. The number of amides is 1. The zero-order valence-corrected chi connectivity index (χ0v) is 19.1. The van der Waals surface area contributed by atoms with Crippen molar-refractivity contribution in [2.75, 3.05) is 13.1 Å². The van der Waals surface area contributed by atoms with E-state index in [1.165, 1.54) is 6.07 Å². The second-order valence-electron chi connectivity index (χ2n) is 8.38. The molecular formula is C25H24F2N2O4S. The van der Waals surface area contributed by atoms with Crippen LogP contribution in [0.2, 0.25) is 0 Å². The van der Waals surface area contributed by atoms with Crippen LogP contribution in [0.15, 0.2) is 77.8 Å². The molecular weight excluding hydrogens is 462 g/mol. The van der Waals surface area contributed by atoms with Crippen LogP contribution < -0.4 is 0 Å². The van der Waals surface area contributed by atoms with Gasteiger partial charge in [0.1, 0.15) is 0 Å². The molecule has 178 valence electrons. The van der Waals surface area contributed by atoms with Crippen molar-refractivity contribution in [1.82, 2.24) is 9.88 Å². The zero-order valence-electron chi connectivity index (χ0n) is 18.3. The Hall–Kier alpha value is -3.17. The number of hydrogen-bond donors (Lipinski definition) is 1. The maximum atomic E-state index is 13.0. The number of nitrogens with zero attached hydrogens (tertiary/aromatic N) is 2. The predicted molar refractivity (Wildman–Crippen MR) is 124 cm³/mol. The molecule has 1 aliphatic rings. The molecule has 1 saturated heterocycles. The number of carbonyl (C=O) groups excluding carboxylic acids is 1. The number of likely N-dealkylation sites (tertiary alicyclic amines) is 1. The van der Waals surface area contributed by atoms with Gasteiger partial charge in [0.2, 0.25) is 0 Å². The first-order valence-electron chi connectivity index (χ1n) is 10.8. The van der Waals surface area contributed by atoms with Crippen LogP contribution in [0.4, 0.5) is 8.78 Å². The first-order valence-corrected chi connectivity index (χ1v) is 12.5. The van der Waals surface area contributed by atoms with Crippen LogP contribution in [0.3, 0.4) is 0 Å². The van der Waals surface area contributed by atoms with Gasteiger partial charge in [-0.05, 0) is 48.7 Å². The van der Waals surface area contributed by atoms with E-state index in [1.807, 2.05) is 0 Å². The molecule has 0 radical (unpaired) electrons. The van der Waals surface area contributed by atoms with E-state index >= 15 is 0 Å². The summed E-state index contributed by atoms with van der Waals surface area (Å²) in [5, 5.41) is 11.1. The Kier molecular flexibility index (Phi) is 6.77. The minimum absolute atomic E-state index is 0.160. The van der Waals surface area contributed by atoms with Crippen molar-refractivity contribution in [1.29, 1.82) is 0 Å². The average Bonchev–Trinajstić information content (AvgIpc) is 2.83. The number of fused-ring (bicyclic) bond motifs is 1. The molecule has 0 aliphatic carbocycles. The minimum Gasteiger partial charge on any atom is -0.386 e. The Morgan fingerprint density at radius 2 is 1.76 bits per heavy atom. The number of aromatic nitrogens is 1. The molecule has 0 saturated carbocycles. The van der Waals surface area contributed by atoms with E-state index in [2.05, 4.69) is 4.98 Å². The van der Waals surface area contributed by atoms with Gasteiger partial charge >= 0.3 is 0 Å². The SMILES string of the molecule is O=C(c1ccc(CS(=O)(=O)c2cccc3cccnc23)cc1)N1CCC(O)(/C=C/C(F)F)CC1. The van der Waals surface area contributed by atoms with Gasteiger partial charge in [-0.25, -0.2) is 17.2 Å². The van der Waals surface area contributed by atoms with Gasteiger partial charge in [0.25, 0.3) is 12.3 Å². The Labute approximate surface area is 196 Å². The van der Waals surface area contributed by atoms with Gasteiger partial charge < -0.3 is 10.0 Å². The molecule has 0 bridgehead atoms. The van der Waals surface area contributed by atoms with Crippen molar-refractivity contribution in [3.8, 4) is 0 Å². The molecule has 1 amide bonds. The summed E-state index contributed by atoms with van der Waals surface area (Å²) < 4.78 is 50.9. The summed E-state index contributed by atoms with van der Waals surface area (Å²) in [5.74, 6) is -0.489. The van der Waals surface area contributed by atoms with Crippen molar-refractivity contribution in [2.45, 2.75) is 35.5 Å². The summed E-state index contributed by atoms with van der Waals surface area (Å²) in [6.45, 7) is 0.459. The lowest BCUT2D eigenvalue weighted by molar-refractivity contribution is 0.0177. The normalized spacial score (nSPS) is 16.4. The van der Waals surface area contributed by atoms with E-state index in [-0.39, 0.29) is 42.5 Å². The second kappa shape index (κ2) is 9.60. The third-order valence-corrected chi connectivity index (χ3v) is 7.67. The van der Waals surface area contributed by atoms with Crippen LogP contribution in [0.1, 0.15) is 28.8 Å². The Bertz CT molecular complexity index is 1310. The minimum atomic E-state index is -3.66. The Morgan fingerprint density at radius 3 is 2.44 bits per heavy atom. The van der Waals surface area contributed by atoms with Crippen molar-refractivity contribution in [2.24, 2.45) is 0 Å². The molecule has 1 fully saturated rings. The number of rotatable bonds is 6. The van der Waals surface area contributed by atoms with Crippen LogP contribution in [-0.4, -0.2) is 54.4 Å². The number of piperidine rings is 1. The molecule has 2 aromatic carbocycles. The average molecular weight is 487 g/mol. The standard InChI is InChI=1S/C25H24F2N2O4S/c26-22(27)10-11-25(31)12-15-29(16-13-25)24(30)20-8-6-18(7-9-20)17-34(32,33)21-5-1-3-19-4-2-14-28-23(19)21/h1-11,14,22,31H,12-13,15-17H2/b11-10+. The smallest absolute Gasteiger partial charge is 0.257 e. The fourth-order valence-corrected chi connectivity index (χ4v) is 5.60. The highest BCUT2D eigenvalue weighted by molar-refractivity contribution is 7.90. The molecule has 34 heavy (non-hydrogen) atoms. The number of pyridine rings is 1. The van der Waals surface area contributed by atoms with Crippen molar-refractivity contribution in [3.63, 3.8) is 0 Å². The number of allylic oxidation sites excluding steroid dienone is 1. The van der Waals surface area contributed by atoms with E-state index in [0.29, 0.717) is 22.7 Å². The van der Waals surface area contributed by atoms with E-state index in [4.69, 9.17) is 0 Å². The fraction of sp³-hybridized carbons (Fsp3) is 0.280. The van der Waals surface area contributed by atoms with E-state index in [1.54, 1.807) is 59.6 Å². The molecule has 1 aliphatic heterocycles. The van der Waals surface area contributed by atoms with E-state index < -0.39 is 21.9 Å². The second-order valence-corrected chi connectivity index (χ2v) is 10.3. The fourth-order valence-electron chi connectivity index (χ4n) is 4.07. The molecule has 9 heteroatoms. The highest BCUT2D eigenvalue weighted by atomic mass is 32.2. The first-order chi connectivity index (χ1) is 16.2.